The van der Waals surface area contributed by atoms with E-state index in [1.54, 1.807) is 24.4 Å². The van der Waals surface area contributed by atoms with Gasteiger partial charge in [-0.3, -0.25) is 4.79 Å². The number of hydrazone groups is 1. The third-order valence-electron chi connectivity index (χ3n) is 5.05. The molecule has 2 heterocycles. The highest BCUT2D eigenvalue weighted by Gasteiger charge is 2.14. The molecule has 0 aliphatic rings. The second-order valence-electron chi connectivity index (χ2n) is 7.01. The fraction of sp³-hybridized carbons (Fsp3) is 0. The van der Waals surface area contributed by atoms with Crippen molar-refractivity contribution in [3.05, 3.63) is 106 Å². The van der Waals surface area contributed by atoms with Crippen LogP contribution in [-0.2, 0) is 0 Å². The Morgan fingerprint density at radius 3 is 2.55 bits per heavy atom. The fourth-order valence-electron chi connectivity index (χ4n) is 3.57. The summed E-state index contributed by atoms with van der Waals surface area (Å²) in [5, 5.41) is 5.76. The second kappa shape index (κ2) is 7.76. The average molecular weight is 407 g/mol. The molecule has 0 aliphatic carbocycles. The first-order valence-corrected chi connectivity index (χ1v) is 9.73. The summed E-state index contributed by atoms with van der Waals surface area (Å²) in [5.74, 6) is -0.628. The molecular formula is C25H17N3O3. The molecule has 0 spiro atoms. The lowest BCUT2D eigenvalue weighted by Gasteiger charge is -2.02. The Morgan fingerprint density at radius 2 is 1.68 bits per heavy atom. The number of hydrogen-bond acceptors (Lipinski definition) is 4. The van der Waals surface area contributed by atoms with Crippen LogP contribution in [0.15, 0.2) is 99.2 Å². The van der Waals surface area contributed by atoms with Crippen molar-refractivity contribution in [2.45, 2.75) is 0 Å². The molecule has 6 heteroatoms. The van der Waals surface area contributed by atoms with Crippen molar-refractivity contribution in [3.8, 4) is 11.3 Å². The number of benzene rings is 3. The van der Waals surface area contributed by atoms with Crippen LogP contribution in [0.4, 0.5) is 0 Å². The minimum Gasteiger partial charge on any atom is -0.422 e. The summed E-state index contributed by atoms with van der Waals surface area (Å²) in [6.45, 7) is 0. The highest BCUT2D eigenvalue weighted by Crippen LogP contribution is 2.28. The molecule has 150 valence electrons. The number of nitrogens with zero attached hydrogens (tertiary/aromatic N) is 1. The molecule has 0 fully saturated rings. The van der Waals surface area contributed by atoms with Crippen LogP contribution in [0.25, 0.3) is 33.1 Å². The fourth-order valence-corrected chi connectivity index (χ4v) is 3.57. The predicted octanol–water partition coefficient (Wildman–Crippen LogP) is 4.71. The molecule has 0 bridgehead atoms. The summed E-state index contributed by atoms with van der Waals surface area (Å²) in [6.07, 6.45) is 1.59. The maximum absolute atomic E-state index is 12.6. The van der Waals surface area contributed by atoms with E-state index < -0.39 is 11.5 Å². The van der Waals surface area contributed by atoms with Gasteiger partial charge in [-0.15, -0.1) is 0 Å². The van der Waals surface area contributed by atoms with Crippen LogP contribution in [0.3, 0.4) is 0 Å². The lowest BCUT2D eigenvalue weighted by atomic mass is 10.1. The molecule has 0 radical (unpaired) electrons. The van der Waals surface area contributed by atoms with Gasteiger partial charge in [-0.05, 0) is 23.8 Å². The van der Waals surface area contributed by atoms with Crippen molar-refractivity contribution in [3.63, 3.8) is 0 Å². The smallest absolute Gasteiger partial charge is 0.349 e. The molecule has 0 saturated heterocycles. The van der Waals surface area contributed by atoms with Crippen molar-refractivity contribution in [2.24, 2.45) is 5.10 Å². The zero-order chi connectivity index (χ0) is 21.2. The quantitative estimate of drug-likeness (QED) is 0.257. The lowest BCUT2D eigenvalue weighted by Crippen LogP contribution is -2.24. The zero-order valence-electron chi connectivity index (χ0n) is 16.3. The summed E-state index contributed by atoms with van der Waals surface area (Å²) in [4.78, 5) is 28.2. The third-order valence-corrected chi connectivity index (χ3v) is 5.05. The van der Waals surface area contributed by atoms with Crippen LogP contribution in [0.5, 0.6) is 0 Å². The molecule has 5 aromatic rings. The molecule has 2 N–H and O–H groups in total. The molecule has 0 saturated carbocycles. The molecule has 3 aromatic carbocycles. The standard InChI is InChI=1S/C25H17N3O3/c29-24(19-14-17-10-4-7-13-22(17)31-25(19)30)28-26-15-20-18-11-5-6-12-21(18)27-23(20)16-8-2-1-3-9-16/h1-15,27H,(H,28,29). The average Bonchev–Trinajstić information content (AvgIpc) is 3.18. The highest BCUT2D eigenvalue weighted by atomic mass is 16.4. The van der Waals surface area contributed by atoms with Gasteiger partial charge in [0.25, 0.3) is 5.91 Å². The highest BCUT2D eigenvalue weighted by molar-refractivity contribution is 6.06. The molecule has 2 aromatic heterocycles. The number of rotatable bonds is 4. The van der Waals surface area contributed by atoms with E-state index in [9.17, 15) is 9.59 Å². The SMILES string of the molecule is O=C(NN=Cc1c(-c2ccccc2)[nH]c2ccccc12)c1cc2ccccc2oc1=O. The summed E-state index contributed by atoms with van der Waals surface area (Å²) < 4.78 is 5.23. The van der Waals surface area contributed by atoms with E-state index in [0.29, 0.717) is 11.0 Å². The molecule has 0 aliphatic heterocycles. The van der Waals surface area contributed by atoms with E-state index in [2.05, 4.69) is 15.5 Å². The summed E-state index contributed by atoms with van der Waals surface area (Å²) in [6, 6.07) is 26.3. The number of carbonyl (C=O) groups is 1. The van der Waals surface area contributed by atoms with E-state index in [-0.39, 0.29) is 5.56 Å². The van der Waals surface area contributed by atoms with Crippen molar-refractivity contribution in [1.29, 1.82) is 0 Å². The van der Waals surface area contributed by atoms with Crippen LogP contribution < -0.4 is 11.1 Å². The van der Waals surface area contributed by atoms with Crippen LogP contribution in [0.2, 0.25) is 0 Å². The number of fused-ring (bicyclic) bond motifs is 2. The number of aromatic nitrogens is 1. The Morgan fingerprint density at radius 1 is 0.935 bits per heavy atom. The van der Waals surface area contributed by atoms with E-state index in [0.717, 1.165) is 27.7 Å². The topological polar surface area (TPSA) is 87.5 Å². The largest absolute Gasteiger partial charge is 0.422 e. The van der Waals surface area contributed by atoms with Gasteiger partial charge in [0.1, 0.15) is 11.1 Å². The van der Waals surface area contributed by atoms with E-state index in [1.165, 1.54) is 6.07 Å². The first-order valence-electron chi connectivity index (χ1n) is 9.73. The van der Waals surface area contributed by atoms with Gasteiger partial charge >= 0.3 is 5.63 Å². The van der Waals surface area contributed by atoms with Gasteiger partial charge < -0.3 is 9.40 Å². The zero-order valence-corrected chi connectivity index (χ0v) is 16.3. The van der Waals surface area contributed by atoms with Crippen LogP contribution in [-0.4, -0.2) is 17.1 Å². The first-order chi connectivity index (χ1) is 15.2. The normalized spacial score (nSPS) is 11.4. The van der Waals surface area contributed by atoms with Gasteiger partial charge in [0.05, 0.1) is 11.9 Å². The molecule has 1 amide bonds. The number of aromatic amines is 1. The molecule has 5 rings (SSSR count). The molecule has 31 heavy (non-hydrogen) atoms. The Labute approximate surface area is 176 Å². The Balaban J connectivity index is 1.48. The number of hydrogen-bond donors (Lipinski definition) is 2. The van der Waals surface area contributed by atoms with Gasteiger partial charge in [-0.25, -0.2) is 10.2 Å². The van der Waals surface area contributed by atoms with Crippen LogP contribution in [0, 0.1) is 0 Å². The summed E-state index contributed by atoms with van der Waals surface area (Å²) >= 11 is 0. The van der Waals surface area contributed by atoms with Crippen molar-refractivity contribution < 1.29 is 9.21 Å². The van der Waals surface area contributed by atoms with Gasteiger partial charge in [-0.1, -0.05) is 66.7 Å². The number of amides is 1. The maximum Gasteiger partial charge on any atom is 0.349 e. The van der Waals surface area contributed by atoms with Crippen molar-refractivity contribution >= 4 is 34.0 Å². The number of H-pyrrole nitrogens is 1. The molecular weight excluding hydrogens is 390 g/mol. The number of carbonyl (C=O) groups excluding carboxylic acids is 1. The Kier molecular flexibility index (Phi) is 4.65. The van der Waals surface area contributed by atoms with Crippen molar-refractivity contribution in [2.75, 3.05) is 0 Å². The van der Waals surface area contributed by atoms with Crippen LogP contribution >= 0.6 is 0 Å². The lowest BCUT2D eigenvalue weighted by molar-refractivity contribution is 0.0951. The predicted molar refractivity (Wildman–Crippen MR) is 121 cm³/mol. The Bertz CT molecular complexity index is 1500. The monoisotopic (exact) mass is 407 g/mol. The maximum atomic E-state index is 12.6. The second-order valence-corrected chi connectivity index (χ2v) is 7.01. The van der Waals surface area contributed by atoms with E-state index in [4.69, 9.17) is 4.42 Å². The molecule has 0 atom stereocenters. The van der Waals surface area contributed by atoms with Gasteiger partial charge in [0.15, 0.2) is 0 Å². The molecule has 0 unspecified atom stereocenters. The van der Waals surface area contributed by atoms with Gasteiger partial charge in [0.2, 0.25) is 0 Å². The minimum atomic E-state index is -0.705. The molecule has 6 nitrogen and oxygen atoms in total. The number of nitrogens with one attached hydrogen (secondary N) is 2. The van der Waals surface area contributed by atoms with E-state index in [1.807, 2.05) is 60.7 Å². The Hall–Kier alpha value is -4.45. The minimum absolute atomic E-state index is 0.0990. The van der Waals surface area contributed by atoms with Crippen molar-refractivity contribution in [1.82, 2.24) is 10.4 Å². The van der Waals surface area contributed by atoms with Crippen LogP contribution in [0.1, 0.15) is 15.9 Å². The summed E-state index contributed by atoms with van der Waals surface area (Å²) in [5.41, 5.74) is 5.77. The van der Waals surface area contributed by atoms with E-state index >= 15 is 0 Å². The number of para-hydroxylation sites is 2. The summed E-state index contributed by atoms with van der Waals surface area (Å²) in [7, 11) is 0. The van der Waals surface area contributed by atoms with Gasteiger partial charge in [0, 0.05) is 21.9 Å². The first kappa shape index (κ1) is 18.6. The van der Waals surface area contributed by atoms with Gasteiger partial charge in [-0.2, -0.15) is 5.10 Å². The third kappa shape index (κ3) is 3.51.